The molecule has 2 atom stereocenters. The Kier molecular flexibility index (Phi) is 6.69. The Morgan fingerprint density at radius 2 is 1.93 bits per heavy atom. The summed E-state index contributed by atoms with van der Waals surface area (Å²) in [5.41, 5.74) is 1.86. The molecule has 3 amide bonds. The van der Waals surface area contributed by atoms with Crippen molar-refractivity contribution >= 4 is 29.3 Å². The largest absolute Gasteiger partial charge is 0.444 e. The molecule has 2 N–H and O–H groups in total. The maximum absolute atomic E-state index is 12.9. The van der Waals surface area contributed by atoms with Crippen LogP contribution in [0.2, 0.25) is 0 Å². The third-order valence-electron chi connectivity index (χ3n) is 4.80. The van der Waals surface area contributed by atoms with Gasteiger partial charge >= 0.3 is 6.09 Å². The highest BCUT2D eigenvalue weighted by Crippen LogP contribution is 2.31. The van der Waals surface area contributed by atoms with Crippen LogP contribution in [0.25, 0.3) is 0 Å². The van der Waals surface area contributed by atoms with Gasteiger partial charge in [0.15, 0.2) is 0 Å². The number of benzene rings is 1. The molecule has 7 heteroatoms. The molecule has 1 aromatic rings. The fourth-order valence-electron chi connectivity index (χ4n) is 3.14. The quantitative estimate of drug-likeness (QED) is 0.807. The molecular weight excluding hydrogens is 358 g/mol. The van der Waals surface area contributed by atoms with Crippen molar-refractivity contribution in [2.24, 2.45) is 5.92 Å². The van der Waals surface area contributed by atoms with E-state index in [2.05, 4.69) is 10.6 Å². The first kappa shape index (κ1) is 21.7. The number of carbonyl (C=O) groups excluding carboxylic acids is 3. The lowest BCUT2D eigenvalue weighted by Gasteiger charge is -2.26. The molecule has 154 valence electrons. The number of fused-ring (bicyclic) bond motifs is 1. The fraction of sp³-hybridized carbons (Fsp3) is 0.571. The highest BCUT2D eigenvalue weighted by Gasteiger charge is 2.29. The minimum Gasteiger partial charge on any atom is -0.444 e. The van der Waals surface area contributed by atoms with E-state index >= 15 is 0 Å². The van der Waals surface area contributed by atoms with Crippen molar-refractivity contribution in [3.8, 4) is 0 Å². The van der Waals surface area contributed by atoms with Gasteiger partial charge in [0.25, 0.3) is 0 Å². The summed E-state index contributed by atoms with van der Waals surface area (Å²) < 4.78 is 5.29. The second-order valence-corrected chi connectivity index (χ2v) is 8.26. The topological polar surface area (TPSA) is 87.7 Å². The van der Waals surface area contributed by atoms with Crippen LogP contribution in [0.1, 0.15) is 53.5 Å². The van der Waals surface area contributed by atoms with E-state index < -0.39 is 17.7 Å². The van der Waals surface area contributed by atoms with Gasteiger partial charge in [-0.25, -0.2) is 4.79 Å². The number of carbonyl (C=O) groups is 3. The van der Waals surface area contributed by atoms with Crippen LogP contribution in [0.4, 0.5) is 16.2 Å². The molecule has 1 aliphatic rings. The van der Waals surface area contributed by atoms with E-state index in [1.54, 1.807) is 25.7 Å². The summed E-state index contributed by atoms with van der Waals surface area (Å²) in [4.78, 5) is 38.5. The maximum Gasteiger partial charge on any atom is 0.408 e. The van der Waals surface area contributed by atoms with Crippen LogP contribution in [-0.2, 0) is 20.7 Å². The molecule has 0 saturated carbocycles. The third-order valence-corrected chi connectivity index (χ3v) is 4.80. The van der Waals surface area contributed by atoms with Crippen molar-refractivity contribution in [1.29, 1.82) is 0 Å². The predicted octanol–water partition coefficient (Wildman–Crippen LogP) is 3.47. The first-order chi connectivity index (χ1) is 13.0. The molecule has 28 heavy (non-hydrogen) atoms. The second kappa shape index (κ2) is 8.63. The lowest BCUT2D eigenvalue weighted by Crippen LogP contribution is -2.49. The third kappa shape index (κ3) is 5.47. The molecule has 1 aromatic carbocycles. The molecule has 0 spiro atoms. The van der Waals surface area contributed by atoms with E-state index in [-0.39, 0.29) is 17.7 Å². The van der Waals surface area contributed by atoms with Crippen LogP contribution in [-0.4, -0.2) is 36.1 Å². The van der Waals surface area contributed by atoms with Gasteiger partial charge < -0.3 is 20.3 Å². The van der Waals surface area contributed by atoms with Crippen LogP contribution in [0.15, 0.2) is 18.2 Å². The SMILES string of the molecule is CCC(C)C(NC(=O)OC(C)(C)C)C(=O)Nc1ccc2c(c1)N(C(C)=O)CC2. The Morgan fingerprint density at radius 3 is 2.50 bits per heavy atom. The predicted molar refractivity (Wildman–Crippen MR) is 109 cm³/mol. The van der Waals surface area contributed by atoms with E-state index in [0.29, 0.717) is 12.2 Å². The fourth-order valence-corrected chi connectivity index (χ4v) is 3.14. The first-order valence-electron chi connectivity index (χ1n) is 9.73. The van der Waals surface area contributed by atoms with Gasteiger partial charge in [-0.15, -0.1) is 0 Å². The van der Waals surface area contributed by atoms with E-state index in [9.17, 15) is 14.4 Å². The van der Waals surface area contributed by atoms with Crippen molar-refractivity contribution in [2.75, 3.05) is 16.8 Å². The average Bonchev–Trinajstić information content (AvgIpc) is 3.00. The minimum absolute atomic E-state index is 0.0219. The molecular formula is C21H31N3O4. The van der Waals surface area contributed by atoms with Crippen molar-refractivity contribution in [1.82, 2.24) is 5.32 Å². The van der Waals surface area contributed by atoms with Crippen molar-refractivity contribution in [3.63, 3.8) is 0 Å². The van der Waals surface area contributed by atoms with Crippen LogP contribution in [0.3, 0.4) is 0 Å². The number of rotatable bonds is 5. The number of hydrogen-bond acceptors (Lipinski definition) is 4. The number of nitrogens with one attached hydrogen (secondary N) is 2. The summed E-state index contributed by atoms with van der Waals surface area (Å²) in [6.45, 7) is 11.4. The van der Waals surface area contributed by atoms with Gasteiger partial charge in [-0.3, -0.25) is 9.59 Å². The monoisotopic (exact) mass is 389 g/mol. The summed E-state index contributed by atoms with van der Waals surface area (Å²) >= 11 is 0. The van der Waals surface area contributed by atoms with Gasteiger partial charge in [-0.05, 0) is 50.8 Å². The first-order valence-corrected chi connectivity index (χ1v) is 9.73. The molecule has 0 aliphatic carbocycles. The van der Waals surface area contributed by atoms with Gasteiger partial charge in [0.05, 0.1) is 0 Å². The van der Waals surface area contributed by atoms with Crippen LogP contribution in [0, 0.1) is 5.92 Å². The van der Waals surface area contributed by atoms with Crippen LogP contribution in [0.5, 0.6) is 0 Å². The Bertz CT molecular complexity index is 755. The minimum atomic E-state index is -0.725. The number of nitrogens with zero attached hydrogens (tertiary/aromatic N) is 1. The van der Waals surface area contributed by atoms with E-state index in [4.69, 9.17) is 4.74 Å². The molecule has 0 radical (unpaired) electrons. The Hall–Kier alpha value is -2.57. The summed E-state index contributed by atoms with van der Waals surface area (Å²) in [5, 5.41) is 5.55. The van der Waals surface area contributed by atoms with Gasteiger partial charge in [-0.2, -0.15) is 0 Å². The normalized spacial score (nSPS) is 15.4. The molecule has 0 fully saturated rings. The zero-order valence-corrected chi connectivity index (χ0v) is 17.6. The summed E-state index contributed by atoms with van der Waals surface area (Å²) in [5.74, 6) is -0.408. The second-order valence-electron chi connectivity index (χ2n) is 8.26. The highest BCUT2D eigenvalue weighted by molar-refractivity contribution is 5.99. The van der Waals surface area contributed by atoms with Crippen molar-refractivity contribution < 1.29 is 19.1 Å². The number of ether oxygens (including phenoxy) is 1. The van der Waals surface area contributed by atoms with Crippen LogP contribution < -0.4 is 15.5 Å². The Labute approximate surface area is 166 Å². The summed E-state index contributed by atoms with van der Waals surface area (Å²) in [6.07, 6.45) is 0.902. The molecule has 1 heterocycles. The Balaban J connectivity index is 2.14. The van der Waals surface area contributed by atoms with Crippen molar-refractivity contribution in [3.05, 3.63) is 23.8 Å². The smallest absolute Gasteiger partial charge is 0.408 e. The van der Waals surface area contributed by atoms with Crippen LogP contribution >= 0.6 is 0 Å². The molecule has 0 saturated heterocycles. The van der Waals surface area contributed by atoms with Gasteiger partial charge in [0, 0.05) is 24.8 Å². The molecule has 2 rings (SSSR count). The van der Waals surface area contributed by atoms with E-state index in [1.165, 1.54) is 6.92 Å². The number of alkyl carbamates (subject to hydrolysis) is 1. The Morgan fingerprint density at radius 1 is 1.25 bits per heavy atom. The lowest BCUT2D eigenvalue weighted by atomic mass is 9.98. The van der Waals surface area contributed by atoms with E-state index in [1.807, 2.05) is 32.0 Å². The molecule has 0 bridgehead atoms. The van der Waals surface area contributed by atoms with Gasteiger partial charge in [0.1, 0.15) is 11.6 Å². The van der Waals surface area contributed by atoms with E-state index in [0.717, 1.165) is 24.1 Å². The standard InChI is InChI=1S/C21H31N3O4/c1-7-13(2)18(23-20(27)28-21(4,5)6)19(26)22-16-9-8-15-10-11-24(14(3)25)17(15)12-16/h8-9,12-13,18H,7,10-11H2,1-6H3,(H,22,26)(H,23,27). The van der Waals surface area contributed by atoms with Gasteiger partial charge in [-0.1, -0.05) is 26.3 Å². The van der Waals surface area contributed by atoms with Crippen molar-refractivity contribution in [2.45, 2.75) is 66.0 Å². The zero-order valence-electron chi connectivity index (χ0n) is 17.6. The lowest BCUT2D eigenvalue weighted by molar-refractivity contribution is -0.119. The number of amides is 3. The molecule has 2 unspecified atom stereocenters. The average molecular weight is 389 g/mol. The highest BCUT2D eigenvalue weighted by atomic mass is 16.6. The number of hydrogen-bond donors (Lipinski definition) is 2. The van der Waals surface area contributed by atoms with Gasteiger partial charge in [0.2, 0.25) is 11.8 Å². The number of anilines is 2. The molecule has 0 aromatic heterocycles. The zero-order chi connectivity index (χ0) is 21.1. The summed E-state index contributed by atoms with van der Waals surface area (Å²) in [6, 6.07) is 4.83. The maximum atomic E-state index is 12.9. The molecule has 7 nitrogen and oxygen atoms in total. The molecule has 1 aliphatic heterocycles. The summed E-state index contributed by atoms with van der Waals surface area (Å²) in [7, 11) is 0.